The fourth-order valence-electron chi connectivity index (χ4n) is 1.39. The third-order valence-electron chi connectivity index (χ3n) is 2.29. The standard InChI is InChI=1S/C11H15N3O3S/c12-9-10-11(5-4-6-13-10)18(16,17)14-7-2-1-3-8-15/h4-6,14-15H,1-3,7-8H2. The average Bonchev–Trinajstić information content (AvgIpc) is 2.38. The van der Waals surface area contributed by atoms with Crippen molar-refractivity contribution in [2.45, 2.75) is 24.2 Å². The van der Waals surface area contributed by atoms with E-state index < -0.39 is 10.0 Å². The van der Waals surface area contributed by atoms with Gasteiger partial charge in [0.1, 0.15) is 11.0 Å². The zero-order chi connectivity index (χ0) is 13.4. The third kappa shape index (κ3) is 4.07. The number of unbranched alkanes of at least 4 members (excludes halogenated alkanes) is 2. The molecular weight excluding hydrogens is 254 g/mol. The molecule has 1 aromatic rings. The summed E-state index contributed by atoms with van der Waals surface area (Å²) < 4.78 is 26.2. The Morgan fingerprint density at radius 2 is 2.17 bits per heavy atom. The van der Waals surface area contributed by atoms with Crippen LogP contribution in [0.25, 0.3) is 0 Å². The normalized spacial score (nSPS) is 11.1. The number of sulfonamides is 1. The lowest BCUT2D eigenvalue weighted by molar-refractivity contribution is 0.283. The Morgan fingerprint density at radius 1 is 1.39 bits per heavy atom. The Bertz CT molecular complexity index is 523. The lowest BCUT2D eigenvalue weighted by atomic mass is 10.2. The predicted octanol–water partition coefficient (Wildman–Crippen LogP) is 0.394. The van der Waals surface area contributed by atoms with Crippen LogP contribution in [0.1, 0.15) is 25.0 Å². The molecule has 0 aromatic carbocycles. The van der Waals surface area contributed by atoms with Crippen LogP contribution in [0.3, 0.4) is 0 Å². The molecule has 98 valence electrons. The van der Waals surface area contributed by atoms with Crippen molar-refractivity contribution in [3.63, 3.8) is 0 Å². The molecule has 0 aliphatic rings. The highest BCUT2D eigenvalue weighted by atomic mass is 32.2. The van der Waals surface area contributed by atoms with E-state index in [1.165, 1.54) is 18.3 Å². The van der Waals surface area contributed by atoms with Gasteiger partial charge in [-0.1, -0.05) is 0 Å². The van der Waals surface area contributed by atoms with Crippen LogP contribution in [0.4, 0.5) is 0 Å². The molecule has 0 saturated heterocycles. The van der Waals surface area contributed by atoms with E-state index in [1.54, 1.807) is 6.07 Å². The van der Waals surface area contributed by atoms with E-state index in [1.807, 2.05) is 0 Å². The smallest absolute Gasteiger partial charge is 0.243 e. The molecule has 7 heteroatoms. The van der Waals surface area contributed by atoms with Crippen LogP contribution < -0.4 is 4.72 Å². The minimum absolute atomic E-state index is 0.102. The number of hydrogen-bond acceptors (Lipinski definition) is 5. The molecule has 18 heavy (non-hydrogen) atoms. The topological polar surface area (TPSA) is 103 Å². The van der Waals surface area contributed by atoms with Crippen LogP contribution in [-0.2, 0) is 10.0 Å². The van der Waals surface area contributed by atoms with Crippen LogP contribution in [0.2, 0.25) is 0 Å². The van der Waals surface area contributed by atoms with Gasteiger partial charge in [0.15, 0.2) is 5.69 Å². The summed E-state index contributed by atoms with van der Waals surface area (Å²) in [7, 11) is -3.69. The number of nitrogens with zero attached hydrogens (tertiary/aromatic N) is 2. The van der Waals surface area contributed by atoms with E-state index in [9.17, 15) is 8.42 Å². The predicted molar refractivity (Wildman–Crippen MR) is 65.1 cm³/mol. The quantitative estimate of drug-likeness (QED) is 0.697. The fourth-order valence-corrected chi connectivity index (χ4v) is 2.57. The van der Waals surface area contributed by atoms with Gasteiger partial charge in [-0.3, -0.25) is 0 Å². The van der Waals surface area contributed by atoms with E-state index in [0.29, 0.717) is 12.8 Å². The summed E-state index contributed by atoms with van der Waals surface area (Å²) in [4.78, 5) is 3.61. The summed E-state index contributed by atoms with van der Waals surface area (Å²) >= 11 is 0. The number of pyridine rings is 1. The molecule has 0 amide bonds. The lowest BCUT2D eigenvalue weighted by Gasteiger charge is -2.07. The minimum Gasteiger partial charge on any atom is -0.396 e. The van der Waals surface area contributed by atoms with Gasteiger partial charge in [0.05, 0.1) is 0 Å². The molecule has 1 aromatic heterocycles. The largest absolute Gasteiger partial charge is 0.396 e. The van der Waals surface area contributed by atoms with E-state index in [2.05, 4.69) is 9.71 Å². The SMILES string of the molecule is N#Cc1ncccc1S(=O)(=O)NCCCCCO. The number of rotatable bonds is 7. The maximum atomic E-state index is 11.9. The first kappa shape index (κ1) is 14.6. The van der Waals surface area contributed by atoms with Gasteiger partial charge in [-0.25, -0.2) is 18.1 Å². The summed E-state index contributed by atoms with van der Waals surface area (Å²) in [6.07, 6.45) is 3.41. The minimum atomic E-state index is -3.69. The number of aliphatic hydroxyl groups is 1. The molecule has 0 saturated carbocycles. The molecule has 1 rings (SSSR count). The van der Waals surface area contributed by atoms with Crippen molar-refractivity contribution >= 4 is 10.0 Å². The molecular formula is C11H15N3O3S. The second kappa shape index (κ2) is 7.06. The zero-order valence-corrected chi connectivity index (χ0v) is 10.7. The van der Waals surface area contributed by atoms with Crippen LogP contribution in [0, 0.1) is 11.3 Å². The highest BCUT2D eigenvalue weighted by Crippen LogP contribution is 2.11. The first-order valence-electron chi connectivity index (χ1n) is 5.57. The summed E-state index contributed by atoms with van der Waals surface area (Å²) in [6, 6.07) is 4.57. The number of hydrogen-bond donors (Lipinski definition) is 2. The van der Waals surface area contributed by atoms with E-state index in [-0.39, 0.29) is 23.7 Å². The van der Waals surface area contributed by atoms with Gasteiger partial charge in [-0.2, -0.15) is 5.26 Å². The van der Waals surface area contributed by atoms with E-state index in [4.69, 9.17) is 10.4 Å². The summed E-state index contributed by atoms with van der Waals surface area (Å²) in [5.74, 6) is 0. The Hall–Kier alpha value is -1.49. The van der Waals surface area contributed by atoms with Gasteiger partial charge < -0.3 is 5.11 Å². The zero-order valence-electron chi connectivity index (χ0n) is 9.83. The molecule has 0 radical (unpaired) electrons. The van der Waals surface area contributed by atoms with Gasteiger partial charge in [0.25, 0.3) is 0 Å². The van der Waals surface area contributed by atoms with Crippen LogP contribution in [0.15, 0.2) is 23.2 Å². The maximum absolute atomic E-state index is 11.9. The van der Waals surface area contributed by atoms with Crippen molar-refractivity contribution in [3.05, 3.63) is 24.0 Å². The van der Waals surface area contributed by atoms with Crippen molar-refractivity contribution in [2.24, 2.45) is 0 Å². The summed E-state index contributed by atoms with van der Waals surface area (Å²) in [6.45, 7) is 0.385. The molecule has 0 aliphatic carbocycles. The number of aromatic nitrogens is 1. The Labute approximate surface area is 106 Å². The highest BCUT2D eigenvalue weighted by Gasteiger charge is 2.18. The average molecular weight is 269 g/mol. The van der Waals surface area contributed by atoms with E-state index in [0.717, 1.165) is 6.42 Å². The maximum Gasteiger partial charge on any atom is 0.243 e. The van der Waals surface area contributed by atoms with Crippen molar-refractivity contribution in [1.29, 1.82) is 5.26 Å². The molecule has 0 fully saturated rings. The first-order valence-corrected chi connectivity index (χ1v) is 7.06. The molecule has 0 aliphatic heterocycles. The number of aliphatic hydroxyl groups excluding tert-OH is 1. The molecule has 6 nitrogen and oxygen atoms in total. The van der Waals surface area contributed by atoms with Crippen molar-refractivity contribution in [2.75, 3.05) is 13.2 Å². The second-order valence-corrected chi connectivity index (χ2v) is 5.38. The fraction of sp³-hybridized carbons (Fsp3) is 0.455. The molecule has 1 heterocycles. The van der Waals surface area contributed by atoms with Crippen molar-refractivity contribution in [1.82, 2.24) is 9.71 Å². The lowest BCUT2D eigenvalue weighted by Crippen LogP contribution is -2.25. The van der Waals surface area contributed by atoms with Crippen LogP contribution in [0.5, 0.6) is 0 Å². The summed E-state index contributed by atoms with van der Waals surface area (Å²) in [5.41, 5.74) is -0.111. The molecule has 0 bridgehead atoms. The van der Waals surface area contributed by atoms with Gasteiger partial charge in [0.2, 0.25) is 10.0 Å². The van der Waals surface area contributed by atoms with Gasteiger partial charge >= 0.3 is 0 Å². The van der Waals surface area contributed by atoms with Crippen LogP contribution in [-0.4, -0.2) is 31.7 Å². The van der Waals surface area contributed by atoms with Gasteiger partial charge in [0, 0.05) is 19.3 Å². The number of nitriles is 1. The Balaban J connectivity index is 2.67. The van der Waals surface area contributed by atoms with E-state index >= 15 is 0 Å². The molecule has 0 spiro atoms. The van der Waals surface area contributed by atoms with Gasteiger partial charge in [-0.05, 0) is 31.4 Å². The monoisotopic (exact) mass is 269 g/mol. The van der Waals surface area contributed by atoms with Gasteiger partial charge in [-0.15, -0.1) is 0 Å². The Kier molecular flexibility index (Phi) is 5.71. The number of nitrogens with one attached hydrogen (secondary N) is 1. The second-order valence-electron chi connectivity index (χ2n) is 3.64. The van der Waals surface area contributed by atoms with Crippen molar-refractivity contribution < 1.29 is 13.5 Å². The summed E-state index contributed by atoms with van der Waals surface area (Å²) in [5, 5.41) is 17.4. The molecule has 0 unspecified atom stereocenters. The highest BCUT2D eigenvalue weighted by molar-refractivity contribution is 7.89. The Morgan fingerprint density at radius 3 is 2.83 bits per heavy atom. The first-order chi connectivity index (χ1) is 8.61. The van der Waals surface area contributed by atoms with Crippen LogP contribution >= 0.6 is 0 Å². The van der Waals surface area contributed by atoms with Crippen molar-refractivity contribution in [3.8, 4) is 6.07 Å². The molecule has 0 atom stereocenters. The third-order valence-corrected chi connectivity index (χ3v) is 3.79. The molecule has 2 N–H and O–H groups in total.